The van der Waals surface area contributed by atoms with Crippen LogP contribution >= 0.6 is 24.0 Å². The van der Waals surface area contributed by atoms with E-state index in [1.165, 1.54) is 12.1 Å². The number of furan rings is 1. The molecule has 2 heterocycles. The van der Waals surface area contributed by atoms with E-state index in [0.29, 0.717) is 32.9 Å². The van der Waals surface area contributed by atoms with Gasteiger partial charge >= 0.3 is 5.69 Å². The summed E-state index contributed by atoms with van der Waals surface area (Å²) in [5.74, 6) is 0.834. The van der Waals surface area contributed by atoms with Crippen LogP contribution in [0, 0.1) is 10.1 Å². The molecule has 1 aromatic carbocycles. The van der Waals surface area contributed by atoms with Crippen LogP contribution in [0.15, 0.2) is 39.7 Å². The molecule has 1 amide bonds. The molecule has 0 spiro atoms. The number of carbonyl (C=O) groups is 1. The van der Waals surface area contributed by atoms with Gasteiger partial charge in [-0.25, -0.2) is 0 Å². The Balaban J connectivity index is 1.91. The second kappa shape index (κ2) is 7.08. The summed E-state index contributed by atoms with van der Waals surface area (Å²) in [7, 11) is 0. The topological polar surface area (TPSA) is 94.6 Å². The highest BCUT2D eigenvalue weighted by atomic mass is 32.2. The van der Waals surface area contributed by atoms with Crippen molar-refractivity contribution in [3.05, 3.63) is 51.1 Å². The lowest BCUT2D eigenvalue weighted by Crippen LogP contribution is -2.17. The standard InChI is InChI=1S/C16H12N2O5S2/c1-2-22-13-5-3-9(7-11(13)18(20)21)12-6-4-10(23-12)8-14-15(19)17-16(24)25-14/h3-8H,2H2,1H3,(H,17,19,24)/b14-8+. The molecular formula is C16H12N2O5S2. The predicted molar refractivity (Wildman–Crippen MR) is 98.3 cm³/mol. The average molecular weight is 376 g/mol. The second-order valence-corrected chi connectivity index (χ2v) is 6.65. The van der Waals surface area contributed by atoms with Crippen molar-refractivity contribution in [3.63, 3.8) is 0 Å². The highest BCUT2D eigenvalue weighted by molar-refractivity contribution is 8.26. The Kier molecular flexibility index (Phi) is 4.86. The number of thiocarbonyl (C=S) groups is 1. The lowest BCUT2D eigenvalue weighted by atomic mass is 10.1. The molecule has 2 aromatic rings. The zero-order valence-corrected chi connectivity index (χ0v) is 14.6. The van der Waals surface area contributed by atoms with Crippen LogP contribution in [-0.4, -0.2) is 21.8 Å². The SMILES string of the molecule is CCOc1ccc(-c2ccc(/C=C3/SC(=S)NC3=O)o2)cc1[N+](=O)[O-]. The van der Waals surface area contributed by atoms with Crippen LogP contribution in [0.4, 0.5) is 5.69 Å². The van der Waals surface area contributed by atoms with Crippen molar-refractivity contribution >= 4 is 46.0 Å². The van der Waals surface area contributed by atoms with Gasteiger partial charge in [0.25, 0.3) is 5.91 Å². The normalized spacial score (nSPS) is 15.5. The number of nitrogens with one attached hydrogen (secondary N) is 1. The summed E-state index contributed by atoms with van der Waals surface area (Å²) in [5, 5.41) is 13.7. The Morgan fingerprint density at radius 1 is 1.40 bits per heavy atom. The Morgan fingerprint density at radius 3 is 2.84 bits per heavy atom. The number of rotatable bonds is 5. The van der Waals surface area contributed by atoms with Crippen LogP contribution in [-0.2, 0) is 4.79 Å². The minimum Gasteiger partial charge on any atom is -0.487 e. The highest BCUT2D eigenvalue weighted by Gasteiger charge is 2.23. The molecule has 0 radical (unpaired) electrons. The first-order valence-electron chi connectivity index (χ1n) is 7.24. The molecular weight excluding hydrogens is 364 g/mol. The minimum atomic E-state index is -0.499. The van der Waals surface area contributed by atoms with Crippen LogP contribution in [0.1, 0.15) is 12.7 Å². The summed E-state index contributed by atoms with van der Waals surface area (Å²) < 4.78 is 11.3. The summed E-state index contributed by atoms with van der Waals surface area (Å²) in [6, 6.07) is 7.98. The number of hydrogen-bond acceptors (Lipinski definition) is 7. The fraction of sp³-hybridized carbons (Fsp3) is 0.125. The number of ether oxygens (including phenoxy) is 1. The molecule has 25 heavy (non-hydrogen) atoms. The molecule has 0 saturated carbocycles. The number of carbonyl (C=O) groups excluding carboxylic acids is 1. The molecule has 1 fully saturated rings. The number of amides is 1. The van der Waals surface area contributed by atoms with Crippen molar-refractivity contribution in [2.24, 2.45) is 0 Å². The maximum Gasteiger partial charge on any atom is 0.311 e. The maximum absolute atomic E-state index is 11.7. The van der Waals surface area contributed by atoms with Crippen molar-refractivity contribution in [3.8, 4) is 17.1 Å². The fourth-order valence-corrected chi connectivity index (χ4v) is 3.25. The third kappa shape index (κ3) is 3.72. The van der Waals surface area contributed by atoms with E-state index >= 15 is 0 Å². The number of thioether (sulfide) groups is 1. The van der Waals surface area contributed by atoms with Crippen LogP contribution in [0.5, 0.6) is 5.75 Å². The Bertz CT molecular complexity index is 904. The second-order valence-electron chi connectivity index (χ2n) is 4.93. The Hall–Kier alpha value is -2.65. The number of benzene rings is 1. The molecule has 7 nitrogen and oxygen atoms in total. The number of nitro groups is 1. The van der Waals surface area contributed by atoms with E-state index in [9.17, 15) is 14.9 Å². The lowest BCUT2D eigenvalue weighted by Gasteiger charge is -2.05. The van der Waals surface area contributed by atoms with Crippen molar-refractivity contribution in [2.75, 3.05) is 6.61 Å². The van der Waals surface area contributed by atoms with Gasteiger partial charge in [-0.1, -0.05) is 24.0 Å². The van der Waals surface area contributed by atoms with Crippen LogP contribution in [0.3, 0.4) is 0 Å². The van der Waals surface area contributed by atoms with Gasteiger partial charge in [-0.15, -0.1) is 0 Å². The summed E-state index contributed by atoms with van der Waals surface area (Å²) >= 11 is 6.08. The predicted octanol–water partition coefficient (Wildman–Crippen LogP) is 3.74. The van der Waals surface area contributed by atoms with Crippen molar-refractivity contribution in [1.29, 1.82) is 0 Å². The van der Waals surface area contributed by atoms with Gasteiger partial charge in [-0.2, -0.15) is 0 Å². The van der Waals surface area contributed by atoms with Gasteiger partial charge < -0.3 is 14.5 Å². The molecule has 0 aliphatic carbocycles. The molecule has 1 aromatic heterocycles. The molecule has 3 rings (SSSR count). The summed E-state index contributed by atoms with van der Waals surface area (Å²) in [4.78, 5) is 22.8. The number of hydrogen-bond donors (Lipinski definition) is 1. The van der Waals surface area contributed by atoms with E-state index < -0.39 is 4.92 Å². The quantitative estimate of drug-likeness (QED) is 0.367. The van der Waals surface area contributed by atoms with Crippen LogP contribution in [0.25, 0.3) is 17.4 Å². The van der Waals surface area contributed by atoms with Gasteiger partial charge in [0.15, 0.2) is 5.75 Å². The van der Waals surface area contributed by atoms with Gasteiger partial charge in [0, 0.05) is 17.7 Å². The molecule has 1 aliphatic rings. The van der Waals surface area contributed by atoms with Gasteiger partial charge in [-0.3, -0.25) is 14.9 Å². The Labute approximate surface area is 152 Å². The largest absolute Gasteiger partial charge is 0.487 e. The molecule has 128 valence electrons. The Morgan fingerprint density at radius 2 is 2.20 bits per heavy atom. The van der Waals surface area contributed by atoms with Crippen molar-refractivity contribution in [2.45, 2.75) is 6.92 Å². The van der Waals surface area contributed by atoms with E-state index in [1.807, 2.05) is 0 Å². The molecule has 1 N–H and O–H groups in total. The first kappa shape index (κ1) is 17.2. The number of nitrogens with zero attached hydrogens (tertiary/aromatic N) is 1. The molecule has 1 aliphatic heterocycles. The first-order chi connectivity index (χ1) is 12.0. The lowest BCUT2D eigenvalue weighted by molar-refractivity contribution is -0.385. The van der Waals surface area contributed by atoms with E-state index in [-0.39, 0.29) is 17.3 Å². The van der Waals surface area contributed by atoms with E-state index in [4.69, 9.17) is 21.4 Å². The summed E-state index contributed by atoms with van der Waals surface area (Å²) in [5.41, 5.74) is 0.408. The molecule has 9 heteroatoms. The molecule has 1 saturated heterocycles. The third-order valence-electron chi connectivity index (χ3n) is 3.28. The fourth-order valence-electron chi connectivity index (χ4n) is 2.23. The molecule has 0 unspecified atom stereocenters. The highest BCUT2D eigenvalue weighted by Crippen LogP contribution is 2.34. The van der Waals surface area contributed by atoms with Gasteiger partial charge in [0.1, 0.15) is 15.8 Å². The monoisotopic (exact) mass is 376 g/mol. The zero-order valence-electron chi connectivity index (χ0n) is 13.0. The van der Waals surface area contributed by atoms with Crippen LogP contribution < -0.4 is 10.1 Å². The van der Waals surface area contributed by atoms with E-state index in [1.54, 1.807) is 31.2 Å². The third-order valence-corrected chi connectivity index (χ3v) is 4.44. The van der Waals surface area contributed by atoms with Gasteiger partial charge in [0.2, 0.25) is 0 Å². The smallest absolute Gasteiger partial charge is 0.311 e. The maximum atomic E-state index is 11.7. The van der Waals surface area contributed by atoms with Crippen molar-refractivity contribution in [1.82, 2.24) is 5.32 Å². The summed E-state index contributed by atoms with van der Waals surface area (Å²) in [6.45, 7) is 2.09. The first-order valence-corrected chi connectivity index (χ1v) is 8.46. The number of nitro benzene ring substituents is 1. The van der Waals surface area contributed by atoms with E-state index in [0.717, 1.165) is 11.8 Å². The van der Waals surface area contributed by atoms with Crippen molar-refractivity contribution < 1.29 is 18.9 Å². The minimum absolute atomic E-state index is 0.133. The van der Waals surface area contributed by atoms with Gasteiger partial charge in [0.05, 0.1) is 16.4 Å². The molecule has 0 bridgehead atoms. The molecule has 0 atom stereocenters. The van der Waals surface area contributed by atoms with E-state index in [2.05, 4.69) is 5.32 Å². The van der Waals surface area contributed by atoms with Crippen LogP contribution in [0.2, 0.25) is 0 Å². The average Bonchev–Trinajstić information content (AvgIpc) is 3.15. The summed E-state index contributed by atoms with van der Waals surface area (Å²) in [6.07, 6.45) is 1.58. The van der Waals surface area contributed by atoms with Gasteiger partial charge in [-0.05, 0) is 31.2 Å². The zero-order chi connectivity index (χ0) is 18.0.